The number of rotatable bonds is 3. The number of nitrogen functional groups attached to an aromatic ring is 1. The Labute approximate surface area is 109 Å². The van der Waals surface area contributed by atoms with Crippen molar-refractivity contribution in [3.63, 3.8) is 0 Å². The van der Waals surface area contributed by atoms with Gasteiger partial charge in [-0.25, -0.2) is 0 Å². The molecule has 94 valence electrons. The van der Waals surface area contributed by atoms with Gasteiger partial charge in [-0.1, -0.05) is 31.2 Å². The number of hydrogen-bond donors (Lipinski definition) is 1. The van der Waals surface area contributed by atoms with Gasteiger partial charge in [0.15, 0.2) is 0 Å². The minimum atomic E-state index is 0.817. The van der Waals surface area contributed by atoms with E-state index < -0.39 is 0 Å². The van der Waals surface area contributed by atoms with Crippen LogP contribution >= 0.6 is 0 Å². The lowest BCUT2D eigenvalue weighted by Gasteiger charge is -2.23. The molecule has 2 rings (SSSR count). The van der Waals surface area contributed by atoms with Crippen LogP contribution in [-0.4, -0.2) is 7.05 Å². The Morgan fingerprint density at radius 2 is 1.72 bits per heavy atom. The fourth-order valence-corrected chi connectivity index (χ4v) is 2.22. The highest BCUT2D eigenvalue weighted by molar-refractivity contribution is 5.77. The molecular formula is C16H20N2. The summed E-state index contributed by atoms with van der Waals surface area (Å²) in [5, 5.41) is 0. The van der Waals surface area contributed by atoms with Gasteiger partial charge in [0.2, 0.25) is 0 Å². The van der Waals surface area contributed by atoms with Crippen LogP contribution < -0.4 is 10.6 Å². The van der Waals surface area contributed by atoms with E-state index in [1.807, 2.05) is 12.1 Å². The van der Waals surface area contributed by atoms with Crippen molar-refractivity contribution in [2.45, 2.75) is 20.3 Å². The highest BCUT2D eigenvalue weighted by atomic mass is 15.1. The first-order chi connectivity index (χ1) is 8.63. The second-order valence-electron chi connectivity index (χ2n) is 4.59. The summed E-state index contributed by atoms with van der Waals surface area (Å²) in [5.74, 6) is 0. The summed E-state index contributed by atoms with van der Waals surface area (Å²) in [5.41, 5.74) is 11.7. The monoisotopic (exact) mass is 240 g/mol. The molecule has 18 heavy (non-hydrogen) atoms. The van der Waals surface area contributed by atoms with Gasteiger partial charge < -0.3 is 10.6 Å². The standard InChI is InChI=1S/C16H20N2/c1-4-13-8-10-14(11-9-13)18(3)16-12(2)6-5-7-15(16)17/h5-11H,4,17H2,1-3H3. The summed E-state index contributed by atoms with van der Waals surface area (Å²) in [6.07, 6.45) is 1.07. The smallest absolute Gasteiger partial charge is 0.0671 e. The fourth-order valence-electron chi connectivity index (χ4n) is 2.22. The predicted molar refractivity (Wildman–Crippen MR) is 79.5 cm³/mol. The zero-order chi connectivity index (χ0) is 13.1. The number of para-hydroxylation sites is 1. The van der Waals surface area contributed by atoms with Crippen molar-refractivity contribution >= 4 is 17.1 Å². The topological polar surface area (TPSA) is 29.3 Å². The zero-order valence-corrected chi connectivity index (χ0v) is 11.3. The van der Waals surface area contributed by atoms with Crippen LogP contribution in [0.2, 0.25) is 0 Å². The van der Waals surface area contributed by atoms with Crippen LogP contribution in [0.4, 0.5) is 17.1 Å². The molecule has 0 saturated carbocycles. The number of aryl methyl sites for hydroxylation is 2. The summed E-state index contributed by atoms with van der Waals surface area (Å²) in [7, 11) is 2.06. The molecule has 0 radical (unpaired) electrons. The van der Waals surface area contributed by atoms with E-state index in [1.165, 1.54) is 11.1 Å². The van der Waals surface area contributed by atoms with Crippen molar-refractivity contribution in [2.24, 2.45) is 0 Å². The lowest BCUT2D eigenvalue weighted by molar-refractivity contribution is 1.13. The third kappa shape index (κ3) is 2.33. The predicted octanol–water partition coefficient (Wildman–Crippen LogP) is 3.91. The first kappa shape index (κ1) is 12.5. The van der Waals surface area contributed by atoms with Crippen LogP contribution in [0.1, 0.15) is 18.1 Å². The summed E-state index contributed by atoms with van der Waals surface area (Å²) in [6.45, 7) is 4.25. The van der Waals surface area contributed by atoms with Crippen LogP contribution in [0.5, 0.6) is 0 Å². The maximum Gasteiger partial charge on any atom is 0.0671 e. The Bertz CT molecular complexity index is 509. The molecule has 0 spiro atoms. The number of nitrogens with zero attached hydrogens (tertiary/aromatic N) is 1. The van der Waals surface area contributed by atoms with Crippen LogP contribution in [0, 0.1) is 6.92 Å². The van der Waals surface area contributed by atoms with Gasteiger partial charge in [0.1, 0.15) is 0 Å². The summed E-state index contributed by atoms with van der Waals surface area (Å²) in [6, 6.07) is 14.6. The SMILES string of the molecule is CCc1ccc(N(C)c2c(C)cccc2N)cc1. The number of anilines is 3. The van der Waals surface area contributed by atoms with Gasteiger partial charge in [0.25, 0.3) is 0 Å². The lowest BCUT2D eigenvalue weighted by atomic mass is 10.1. The molecule has 0 bridgehead atoms. The molecule has 0 amide bonds. The van der Waals surface area contributed by atoms with E-state index in [0.29, 0.717) is 0 Å². The first-order valence-electron chi connectivity index (χ1n) is 6.31. The Morgan fingerprint density at radius 1 is 1.06 bits per heavy atom. The molecule has 0 aliphatic heterocycles. The largest absolute Gasteiger partial charge is 0.397 e. The second kappa shape index (κ2) is 5.13. The van der Waals surface area contributed by atoms with Gasteiger partial charge in [-0.15, -0.1) is 0 Å². The number of hydrogen-bond acceptors (Lipinski definition) is 2. The van der Waals surface area contributed by atoms with Crippen LogP contribution in [0.3, 0.4) is 0 Å². The average Bonchev–Trinajstić information content (AvgIpc) is 2.38. The van der Waals surface area contributed by atoms with Crippen molar-refractivity contribution in [1.29, 1.82) is 0 Å². The molecule has 0 aliphatic rings. The summed E-state index contributed by atoms with van der Waals surface area (Å²) in [4.78, 5) is 2.14. The normalized spacial score (nSPS) is 10.4. The molecule has 0 fully saturated rings. The number of benzene rings is 2. The molecule has 2 aromatic carbocycles. The van der Waals surface area contributed by atoms with Crippen molar-refractivity contribution in [3.8, 4) is 0 Å². The molecular weight excluding hydrogens is 220 g/mol. The van der Waals surface area contributed by atoms with Gasteiger partial charge in [-0.2, -0.15) is 0 Å². The molecule has 0 heterocycles. The van der Waals surface area contributed by atoms with E-state index in [1.54, 1.807) is 0 Å². The van der Waals surface area contributed by atoms with Gasteiger partial charge in [0, 0.05) is 12.7 Å². The Balaban J connectivity index is 2.38. The molecule has 2 nitrogen and oxygen atoms in total. The molecule has 2 N–H and O–H groups in total. The third-order valence-corrected chi connectivity index (χ3v) is 3.34. The molecule has 0 unspecified atom stereocenters. The lowest BCUT2D eigenvalue weighted by Crippen LogP contribution is -2.13. The molecule has 0 aromatic heterocycles. The van der Waals surface area contributed by atoms with E-state index >= 15 is 0 Å². The maximum absolute atomic E-state index is 6.07. The van der Waals surface area contributed by atoms with Gasteiger partial charge >= 0.3 is 0 Å². The highest BCUT2D eigenvalue weighted by Crippen LogP contribution is 2.31. The maximum atomic E-state index is 6.07. The second-order valence-corrected chi connectivity index (χ2v) is 4.59. The van der Waals surface area contributed by atoms with Gasteiger partial charge in [-0.05, 0) is 42.7 Å². The van der Waals surface area contributed by atoms with Crippen molar-refractivity contribution < 1.29 is 0 Å². The van der Waals surface area contributed by atoms with E-state index in [0.717, 1.165) is 23.5 Å². The molecule has 0 aliphatic carbocycles. The van der Waals surface area contributed by atoms with Crippen molar-refractivity contribution in [2.75, 3.05) is 17.7 Å². The zero-order valence-electron chi connectivity index (χ0n) is 11.3. The minimum Gasteiger partial charge on any atom is -0.397 e. The van der Waals surface area contributed by atoms with Crippen molar-refractivity contribution in [1.82, 2.24) is 0 Å². The van der Waals surface area contributed by atoms with Crippen LogP contribution in [0.15, 0.2) is 42.5 Å². The molecule has 0 atom stereocenters. The summed E-state index contributed by atoms with van der Waals surface area (Å²) < 4.78 is 0. The molecule has 2 heteroatoms. The first-order valence-corrected chi connectivity index (χ1v) is 6.31. The van der Waals surface area contributed by atoms with E-state index in [4.69, 9.17) is 5.73 Å². The third-order valence-electron chi connectivity index (χ3n) is 3.34. The van der Waals surface area contributed by atoms with E-state index in [2.05, 4.69) is 56.1 Å². The molecule has 0 saturated heterocycles. The van der Waals surface area contributed by atoms with Crippen LogP contribution in [0.25, 0.3) is 0 Å². The Kier molecular flexibility index (Phi) is 3.56. The average molecular weight is 240 g/mol. The Morgan fingerprint density at radius 3 is 2.28 bits per heavy atom. The summed E-state index contributed by atoms with van der Waals surface area (Å²) >= 11 is 0. The van der Waals surface area contributed by atoms with E-state index in [-0.39, 0.29) is 0 Å². The van der Waals surface area contributed by atoms with Crippen molar-refractivity contribution in [3.05, 3.63) is 53.6 Å². The van der Waals surface area contributed by atoms with E-state index in [9.17, 15) is 0 Å². The fraction of sp³-hybridized carbons (Fsp3) is 0.250. The minimum absolute atomic E-state index is 0.817. The molecule has 2 aromatic rings. The highest BCUT2D eigenvalue weighted by Gasteiger charge is 2.09. The Hall–Kier alpha value is -1.96. The van der Waals surface area contributed by atoms with Gasteiger partial charge in [0.05, 0.1) is 11.4 Å². The van der Waals surface area contributed by atoms with Gasteiger partial charge in [-0.3, -0.25) is 0 Å². The number of nitrogens with two attached hydrogens (primary N) is 1. The quantitative estimate of drug-likeness (QED) is 0.824. The van der Waals surface area contributed by atoms with Crippen LogP contribution in [-0.2, 0) is 6.42 Å².